The first-order valence-corrected chi connectivity index (χ1v) is 4.22. The van der Waals surface area contributed by atoms with E-state index in [1.54, 1.807) is 6.19 Å². The van der Waals surface area contributed by atoms with E-state index in [2.05, 4.69) is 5.32 Å². The highest BCUT2D eigenvalue weighted by atomic mass is 16.1. The molecule has 1 aromatic carbocycles. The summed E-state index contributed by atoms with van der Waals surface area (Å²) in [6.07, 6.45) is 2.15. The van der Waals surface area contributed by atoms with Gasteiger partial charge in [0.1, 0.15) is 6.04 Å². The van der Waals surface area contributed by atoms with Crippen LogP contribution in [0.1, 0.15) is 5.56 Å². The van der Waals surface area contributed by atoms with Crippen LogP contribution < -0.4 is 11.1 Å². The Balaban J connectivity index is 2.66. The van der Waals surface area contributed by atoms with Crippen LogP contribution in [-0.2, 0) is 11.2 Å². The molecule has 4 heteroatoms. The second-order valence-electron chi connectivity index (χ2n) is 2.90. The summed E-state index contributed by atoms with van der Waals surface area (Å²) in [4.78, 5) is 10.9. The molecule has 1 amide bonds. The molecule has 0 heterocycles. The number of rotatable bonds is 4. The molecule has 1 aromatic rings. The van der Waals surface area contributed by atoms with Crippen molar-refractivity contribution in [2.75, 3.05) is 0 Å². The van der Waals surface area contributed by atoms with Gasteiger partial charge in [0.2, 0.25) is 5.91 Å². The van der Waals surface area contributed by atoms with Crippen LogP contribution in [0.5, 0.6) is 0 Å². The van der Waals surface area contributed by atoms with Gasteiger partial charge in [0.15, 0.2) is 6.19 Å². The molecular weight excluding hydrogens is 178 g/mol. The summed E-state index contributed by atoms with van der Waals surface area (Å²) in [6.45, 7) is 0. The first-order chi connectivity index (χ1) is 6.74. The van der Waals surface area contributed by atoms with Gasteiger partial charge in [-0.1, -0.05) is 30.3 Å². The smallest absolute Gasteiger partial charge is 0.240 e. The number of hydrogen-bond acceptors (Lipinski definition) is 3. The Morgan fingerprint density at radius 2 is 2.14 bits per heavy atom. The molecule has 0 aliphatic carbocycles. The fraction of sp³-hybridized carbons (Fsp3) is 0.200. The molecule has 14 heavy (non-hydrogen) atoms. The molecule has 1 rings (SSSR count). The zero-order valence-electron chi connectivity index (χ0n) is 7.60. The summed E-state index contributed by atoms with van der Waals surface area (Å²) < 4.78 is 0. The number of nitrogens with two attached hydrogens (primary N) is 1. The van der Waals surface area contributed by atoms with Crippen LogP contribution in [0.2, 0.25) is 0 Å². The van der Waals surface area contributed by atoms with Gasteiger partial charge in [-0.2, -0.15) is 5.26 Å². The molecule has 1 atom stereocenters. The van der Waals surface area contributed by atoms with E-state index in [9.17, 15) is 4.79 Å². The molecule has 3 N–H and O–H groups in total. The number of benzene rings is 1. The number of carbonyl (C=O) groups is 1. The van der Waals surface area contributed by atoms with Crippen LogP contribution in [0.4, 0.5) is 0 Å². The van der Waals surface area contributed by atoms with E-state index < -0.39 is 11.9 Å². The van der Waals surface area contributed by atoms with Crippen molar-refractivity contribution in [1.82, 2.24) is 5.32 Å². The molecule has 0 aliphatic rings. The predicted octanol–water partition coefficient (Wildman–Crippen LogP) is 0.154. The lowest BCUT2D eigenvalue weighted by Crippen LogP contribution is -2.40. The Bertz CT molecular complexity index is 342. The van der Waals surface area contributed by atoms with Gasteiger partial charge in [-0.05, 0) is 5.56 Å². The van der Waals surface area contributed by atoms with E-state index in [-0.39, 0.29) is 0 Å². The number of nitriles is 1. The summed E-state index contributed by atoms with van der Waals surface area (Å²) >= 11 is 0. The van der Waals surface area contributed by atoms with Crippen LogP contribution in [-0.4, -0.2) is 11.9 Å². The Labute approximate surface area is 82.3 Å². The molecule has 0 saturated heterocycles. The van der Waals surface area contributed by atoms with Gasteiger partial charge in [-0.25, -0.2) is 0 Å². The average molecular weight is 189 g/mol. The van der Waals surface area contributed by atoms with Crippen molar-refractivity contribution >= 4 is 5.91 Å². The topological polar surface area (TPSA) is 78.9 Å². The fourth-order valence-electron chi connectivity index (χ4n) is 1.15. The van der Waals surface area contributed by atoms with Gasteiger partial charge in [0, 0.05) is 6.42 Å². The van der Waals surface area contributed by atoms with Crippen LogP contribution >= 0.6 is 0 Å². The molecule has 0 saturated carbocycles. The third-order valence-electron chi connectivity index (χ3n) is 1.86. The molecule has 72 valence electrons. The minimum atomic E-state index is -0.623. The molecule has 0 aliphatic heterocycles. The normalized spacial score (nSPS) is 11.4. The van der Waals surface area contributed by atoms with E-state index in [1.807, 2.05) is 30.3 Å². The maximum absolute atomic E-state index is 10.9. The van der Waals surface area contributed by atoms with E-state index in [0.717, 1.165) is 5.56 Å². The third kappa shape index (κ3) is 2.79. The van der Waals surface area contributed by atoms with Crippen molar-refractivity contribution in [1.29, 1.82) is 5.26 Å². The highest BCUT2D eigenvalue weighted by Crippen LogP contribution is 2.02. The number of amides is 1. The van der Waals surface area contributed by atoms with E-state index >= 15 is 0 Å². The van der Waals surface area contributed by atoms with Crippen molar-refractivity contribution in [2.45, 2.75) is 12.5 Å². The van der Waals surface area contributed by atoms with E-state index in [1.165, 1.54) is 0 Å². The van der Waals surface area contributed by atoms with Gasteiger partial charge >= 0.3 is 0 Å². The zero-order chi connectivity index (χ0) is 10.4. The Morgan fingerprint density at radius 3 is 2.64 bits per heavy atom. The van der Waals surface area contributed by atoms with Crippen LogP contribution in [0.3, 0.4) is 0 Å². The van der Waals surface area contributed by atoms with Crippen molar-refractivity contribution in [2.24, 2.45) is 5.73 Å². The Morgan fingerprint density at radius 1 is 1.50 bits per heavy atom. The van der Waals surface area contributed by atoms with Crippen LogP contribution in [0.25, 0.3) is 0 Å². The first-order valence-electron chi connectivity index (χ1n) is 4.22. The monoisotopic (exact) mass is 189 g/mol. The molecule has 0 spiro atoms. The summed E-state index contributed by atoms with van der Waals surface area (Å²) in [5, 5.41) is 10.8. The van der Waals surface area contributed by atoms with E-state index in [0.29, 0.717) is 6.42 Å². The molecule has 0 bridgehead atoms. The second-order valence-corrected chi connectivity index (χ2v) is 2.90. The van der Waals surface area contributed by atoms with Gasteiger partial charge in [-0.15, -0.1) is 0 Å². The second kappa shape index (κ2) is 4.87. The quantitative estimate of drug-likeness (QED) is 0.523. The molecule has 0 aromatic heterocycles. The molecule has 0 fully saturated rings. The Kier molecular flexibility index (Phi) is 3.50. The molecule has 0 radical (unpaired) electrons. The van der Waals surface area contributed by atoms with Crippen LogP contribution in [0.15, 0.2) is 30.3 Å². The largest absolute Gasteiger partial charge is 0.368 e. The lowest BCUT2D eigenvalue weighted by Gasteiger charge is -2.10. The highest BCUT2D eigenvalue weighted by molar-refractivity contribution is 5.80. The summed E-state index contributed by atoms with van der Waals surface area (Å²) in [5.41, 5.74) is 6.09. The fourth-order valence-corrected chi connectivity index (χ4v) is 1.15. The number of primary amides is 1. The van der Waals surface area contributed by atoms with Crippen molar-refractivity contribution in [3.8, 4) is 6.19 Å². The van der Waals surface area contributed by atoms with Crippen molar-refractivity contribution < 1.29 is 4.79 Å². The predicted molar refractivity (Wildman–Crippen MR) is 51.9 cm³/mol. The van der Waals surface area contributed by atoms with Crippen molar-refractivity contribution in [3.63, 3.8) is 0 Å². The zero-order valence-corrected chi connectivity index (χ0v) is 7.60. The summed E-state index contributed by atoms with van der Waals surface area (Å²) in [6, 6.07) is 8.78. The first kappa shape index (κ1) is 10.1. The standard InChI is InChI=1S/C10H11N3O/c11-7-13-9(10(12)14)6-8-4-2-1-3-5-8/h1-5,9,13H,6H2,(H2,12,14). The van der Waals surface area contributed by atoms with Crippen LogP contribution in [0, 0.1) is 11.5 Å². The molecule has 4 nitrogen and oxygen atoms in total. The third-order valence-corrected chi connectivity index (χ3v) is 1.86. The summed E-state index contributed by atoms with van der Waals surface area (Å²) in [7, 11) is 0. The number of nitrogens with one attached hydrogen (secondary N) is 1. The summed E-state index contributed by atoms with van der Waals surface area (Å²) in [5.74, 6) is -0.518. The SMILES string of the molecule is N#CNC(Cc1ccccc1)C(N)=O. The minimum Gasteiger partial charge on any atom is -0.368 e. The minimum absolute atomic E-state index is 0.434. The Hall–Kier alpha value is -2.02. The van der Waals surface area contributed by atoms with Crippen molar-refractivity contribution in [3.05, 3.63) is 35.9 Å². The van der Waals surface area contributed by atoms with Gasteiger partial charge < -0.3 is 11.1 Å². The van der Waals surface area contributed by atoms with Gasteiger partial charge in [0.05, 0.1) is 0 Å². The maximum Gasteiger partial charge on any atom is 0.240 e. The average Bonchev–Trinajstić information content (AvgIpc) is 2.18. The lowest BCUT2D eigenvalue weighted by atomic mass is 10.1. The van der Waals surface area contributed by atoms with Gasteiger partial charge in [-0.3, -0.25) is 4.79 Å². The number of hydrogen-bond donors (Lipinski definition) is 2. The highest BCUT2D eigenvalue weighted by Gasteiger charge is 2.14. The molecular formula is C10H11N3O. The number of nitrogens with zero attached hydrogens (tertiary/aromatic N) is 1. The van der Waals surface area contributed by atoms with E-state index in [4.69, 9.17) is 11.0 Å². The van der Waals surface area contributed by atoms with Gasteiger partial charge in [0.25, 0.3) is 0 Å². The number of carbonyl (C=O) groups excluding carboxylic acids is 1. The molecule has 1 unspecified atom stereocenters. The lowest BCUT2D eigenvalue weighted by molar-refractivity contribution is -0.119. The maximum atomic E-state index is 10.9.